The fraction of sp³-hybridized carbons (Fsp3) is 0.259. The molecule has 0 radical (unpaired) electrons. The van der Waals surface area contributed by atoms with E-state index in [0.717, 1.165) is 43.1 Å². The van der Waals surface area contributed by atoms with E-state index in [1.807, 2.05) is 84.9 Å². The van der Waals surface area contributed by atoms with Gasteiger partial charge in [0.25, 0.3) is 0 Å². The lowest BCUT2D eigenvalue weighted by Gasteiger charge is -2.29. The Hall–Kier alpha value is -3.64. The van der Waals surface area contributed by atoms with Gasteiger partial charge in [-0.2, -0.15) is 0 Å². The molecule has 2 amide bonds. The van der Waals surface area contributed by atoms with Crippen molar-refractivity contribution in [2.45, 2.75) is 13.0 Å². The summed E-state index contributed by atoms with van der Waals surface area (Å²) in [6.07, 6.45) is 0.259. The molecule has 0 aromatic heterocycles. The highest BCUT2D eigenvalue weighted by Gasteiger charge is 2.18. The molecule has 0 atom stereocenters. The largest absolute Gasteiger partial charge is 0.378 e. The summed E-state index contributed by atoms with van der Waals surface area (Å²) in [5.41, 5.74) is 3.74. The maximum absolute atomic E-state index is 13.1. The van der Waals surface area contributed by atoms with E-state index in [0.29, 0.717) is 12.2 Å². The van der Waals surface area contributed by atoms with Crippen molar-refractivity contribution >= 4 is 23.2 Å². The minimum Gasteiger partial charge on any atom is -0.378 e. The van der Waals surface area contributed by atoms with Crippen LogP contribution in [0.1, 0.15) is 11.1 Å². The minimum absolute atomic E-state index is 0.00816. The van der Waals surface area contributed by atoms with E-state index < -0.39 is 0 Å². The third kappa shape index (κ3) is 6.67. The molecule has 6 nitrogen and oxygen atoms in total. The molecule has 3 aromatic carbocycles. The molecule has 1 aliphatic rings. The van der Waals surface area contributed by atoms with Crippen molar-refractivity contribution in [3.8, 4) is 0 Å². The number of hydrogen-bond acceptors (Lipinski definition) is 4. The molecule has 0 aliphatic carbocycles. The molecular weight excluding hydrogens is 414 g/mol. The lowest BCUT2D eigenvalue weighted by molar-refractivity contribution is -0.134. The lowest BCUT2D eigenvalue weighted by Crippen LogP contribution is -2.38. The third-order valence-electron chi connectivity index (χ3n) is 5.63. The Morgan fingerprint density at radius 2 is 1.42 bits per heavy atom. The summed E-state index contributed by atoms with van der Waals surface area (Å²) in [4.78, 5) is 29.8. The zero-order valence-electron chi connectivity index (χ0n) is 18.7. The van der Waals surface area contributed by atoms with Crippen molar-refractivity contribution in [2.75, 3.05) is 43.1 Å². The van der Waals surface area contributed by atoms with E-state index in [4.69, 9.17) is 4.74 Å². The molecule has 1 N–H and O–H groups in total. The summed E-state index contributed by atoms with van der Waals surface area (Å²) >= 11 is 0. The van der Waals surface area contributed by atoms with Crippen molar-refractivity contribution in [2.24, 2.45) is 0 Å². The summed E-state index contributed by atoms with van der Waals surface area (Å²) in [6, 6.07) is 27.1. The normalized spacial score (nSPS) is 13.4. The van der Waals surface area contributed by atoms with Gasteiger partial charge in [-0.05, 0) is 35.4 Å². The second kappa shape index (κ2) is 11.3. The molecule has 6 heteroatoms. The van der Waals surface area contributed by atoms with Crippen LogP contribution >= 0.6 is 0 Å². The number of nitrogens with zero attached hydrogens (tertiary/aromatic N) is 2. The molecule has 0 saturated carbocycles. The summed E-state index contributed by atoms with van der Waals surface area (Å²) in [5.74, 6) is -0.297. The molecule has 1 saturated heterocycles. The number of anilines is 2. The van der Waals surface area contributed by atoms with Gasteiger partial charge in [-0.1, -0.05) is 60.7 Å². The van der Waals surface area contributed by atoms with E-state index >= 15 is 0 Å². The predicted molar refractivity (Wildman–Crippen MR) is 130 cm³/mol. The first-order valence-electron chi connectivity index (χ1n) is 11.3. The van der Waals surface area contributed by atoms with Gasteiger partial charge in [-0.25, -0.2) is 0 Å². The van der Waals surface area contributed by atoms with E-state index in [-0.39, 0.29) is 24.8 Å². The van der Waals surface area contributed by atoms with Crippen LogP contribution in [0.25, 0.3) is 0 Å². The van der Waals surface area contributed by atoms with Crippen LogP contribution in [0, 0.1) is 0 Å². The average Bonchev–Trinajstić information content (AvgIpc) is 2.86. The van der Waals surface area contributed by atoms with Crippen molar-refractivity contribution in [1.29, 1.82) is 0 Å². The summed E-state index contributed by atoms with van der Waals surface area (Å²) in [6.45, 7) is 3.56. The Balaban J connectivity index is 1.40. The smallest absolute Gasteiger partial charge is 0.244 e. The number of rotatable bonds is 8. The number of nitrogens with one attached hydrogen (secondary N) is 1. The summed E-state index contributed by atoms with van der Waals surface area (Å²) in [5, 5.41) is 2.93. The molecule has 1 fully saturated rings. The van der Waals surface area contributed by atoms with Gasteiger partial charge in [-0.15, -0.1) is 0 Å². The van der Waals surface area contributed by atoms with Crippen LogP contribution in [-0.2, 0) is 27.3 Å². The number of carbonyl (C=O) groups excluding carboxylic acids is 2. The minimum atomic E-state index is -0.216. The first-order chi connectivity index (χ1) is 16.2. The monoisotopic (exact) mass is 443 g/mol. The Kier molecular flexibility index (Phi) is 7.72. The fourth-order valence-corrected chi connectivity index (χ4v) is 3.87. The van der Waals surface area contributed by atoms with Gasteiger partial charge in [0.1, 0.15) is 6.54 Å². The number of ether oxygens (including phenoxy) is 1. The molecular formula is C27H29N3O3. The lowest BCUT2D eigenvalue weighted by atomic mass is 10.1. The highest BCUT2D eigenvalue weighted by atomic mass is 16.5. The van der Waals surface area contributed by atoms with E-state index in [2.05, 4.69) is 10.2 Å². The second-order valence-corrected chi connectivity index (χ2v) is 8.09. The van der Waals surface area contributed by atoms with Gasteiger partial charge >= 0.3 is 0 Å². The van der Waals surface area contributed by atoms with Crippen LogP contribution in [0.15, 0.2) is 84.9 Å². The molecule has 0 bridgehead atoms. The topological polar surface area (TPSA) is 61.9 Å². The fourth-order valence-electron chi connectivity index (χ4n) is 3.87. The first kappa shape index (κ1) is 22.6. The molecule has 0 spiro atoms. The molecule has 170 valence electrons. The Morgan fingerprint density at radius 1 is 0.818 bits per heavy atom. The van der Waals surface area contributed by atoms with Gasteiger partial charge in [0.05, 0.1) is 19.6 Å². The molecule has 3 aromatic rings. The van der Waals surface area contributed by atoms with Gasteiger partial charge in [0, 0.05) is 31.0 Å². The van der Waals surface area contributed by atoms with Crippen molar-refractivity contribution in [3.63, 3.8) is 0 Å². The Bertz CT molecular complexity index is 1030. The molecule has 0 unspecified atom stereocenters. The third-order valence-corrected chi connectivity index (χ3v) is 5.63. The Morgan fingerprint density at radius 3 is 2.06 bits per heavy atom. The van der Waals surface area contributed by atoms with Gasteiger partial charge in [-0.3, -0.25) is 9.59 Å². The van der Waals surface area contributed by atoms with Gasteiger partial charge in [0.15, 0.2) is 0 Å². The second-order valence-electron chi connectivity index (χ2n) is 8.09. The molecule has 1 aliphatic heterocycles. The van der Waals surface area contributed by atoms with Crippen molar-refractivity contribution in [3.05, 3.63) is 96.1 Å². The SMILES string of the molecule is O=C(CN(Cc1ccccc1)C(=O)Cc1ccccc1)Nc1ccc(N2CCOCC2)cc1. The number of benzene rings is 3. The molecule has 33 heavy (non-hydrogen) atoms. The maximum atomic E-state index is 13.1. The highest BCUT2D eigenvalue weighted by molar-refractivity contribution is 5.95. The first-order valence-corrected chi connectivity index (χ1v) is 11.3. The van der Waals surface area contributed by atoms with Crippen LogP contribution < -0.4 is 10.2 Å². The number of amides is 2. The highest BCUT2D eigenvalue weighted by Crippen LogP contribution is 2.19. The summed E-state index contributed by atoms with van der Waals surface area (Å²) < 4.78 is 5.40. The average molecular weight is 444 g/mol. The van der Waals surface area contributed by atoms with Crippen molar-refractivity contribution < 1.29 is 14.3 Å². The zero-order chi connectivity index (χ0) is 22.9. The predicted octanol–water partition coefficient (Wildman–Crippen LogP) is 3.73. The standard InChI is InChI=1S/C27H29N3O3/c31-26(28-24-11-13-25(14-12-24)29-15-17-33-18-16-29)21-30(20-23-9-5-2-6-10-23)27(32)19-22-7-3-1-4-8-22/h1-14H,15-21H2,(H,28,31). The number of morpholine rings is 1. The van der Waals surface area contributed by atoms with E-state index in [1.54, 1.807) is 4.90 Å². The maximum Gasteiger partial charge on any atom is 0.244 e. The van der Waals surface area contributed by atoms with Crippen LogP contribution in [0.4, 0.5) is 11.4 Å². The van der Waals surface area contributed by atoms with Crippen molar-refractivity contribution in [1.82, 2.24) is 4.90 Å². The molecule has 4 rings (SSSR count). The number of carbonyl (C=O) groups is 2. The van der Waals surface area contributed by atoms with Crippen LogP contribution in [0.3, 0.4) is 0 Å². The molecule has 1 heterocycles. The van der Waals surface area contributed by atoms with Crippen LogP contribution in [0.5, 0.6) is 0 Å². The number of hydrogen-bond donors (Lipinski definition) is 1. The van der Waals surface area contributed by atoms with E-state index in [1.165, 1.54) is 0 Å². The summed E-state index contributed by atoms with van der Waals surface area (Å²) in [7, 11) is 0. The van der Waals surface area contributed by atoms with E-state index in [9.17, 15) is 9.59 Å². The van der Waals surface area contributed by atoms with Gasteiger partial charge < -0.3 is 19.9 Å². The zero-order valence-corrected chi connectivity index (χ0v) is 18.7. The van der Waals surface area contributed by atoms with Gasteiger partial charge in [0.2, 0.25) is 11.8 Å². The quantitative estimate of drug-likeness (QED) is 0.576. The Labute approximate surface area is 194 Å². The van der Waals surface area contributed by atoms with Crippen LogP contribution in [-0.4, -0.2) is 49.6 Å². The van der Waals surface area contributed by atoms with Crippen LogP contribution in [0.2, 0.25) is 0 Å².